The first-order valence-electron chi connectivity index (χ1n) is 15.3. The third-order valence-electron chi connectivity index (χ3n) is 6.75. The molecule has 0 aliphatic carbocycles. The Labute approximate surface area is 269 Å². The number of amides is 4. The SMILES string of the molecule is CC(C)(C)OC(=O)C(NC(=O)CC[C@@H]1NC(=O)[C@H](CCC(=O)NC(C(=O)OC(C)(C)C)c2ccccc2)NC1=O)c1ccccc1. The topological polar surface area (TPSA) is 169 Å². The first kappa shape index (κ1) is 35.7. The quantitative estimate of drug-likeness (QED) is 0.258. The minimum atomic E-state index is -1.05. The van der Waals surface area contributed by atoms with Crippen molar-refractivity contribution in [1.82, 2.24) is 21.3 Å². The minimum absolute atomic E-state index is 0.0128. The van der Waals surface area contributed by atoms with Crippen LogP contribution in [0.3, 0.4) is 0 Å². The minimum Gasteiger partial charge on any atom is -0.458 e. The van der Waals surface area contributed by atoms with Crippen LogP contribution in [0.5, 0.6) is 0 Å². The first-order chi connectivity index (χ1) is 21.5. The van der Waals surface area contributed by atoms with Crippen LogP contribution in [0.4, 0.5) is 0 Å². The zero-order chi connectivity index (χ0) is 34.1. The second-order valence-corrected chi connectivity index (χ2v) is 13.1. The smallest absolute Gasteiger partial charge is 0.333 e. The molecule has 46 heavy (non-hydrogen) atoms. The summed E-state index contributed by atoms with van der Waals surface area (Å²) in [5.74, 6) is -3.24. The Morgan fingerprint density at radius 3 is 1.26 bits per heavy atom. The third kappa shape index (κ3) is 11.3. The second kappa shape index (κ2) is 15.5. The van der Waals surface area contributed by atoms with Crippen molar-refractivity contribution < 1.29 is 38.2 Å². The van der Waals surface area contributed by atoms with Crippen molar-refractivity contribution in [3.63, 3.8) is 0 Å². The van der Waals surface area contributed by atoms with E-state index in [1.165, 1.54) is 0 Å². The van der Waals surface area contributed by atoms with Gasteiger partial charge in [-0.1, -0.05) is 60.7 Å². The van der Waals surface area contributed by atoms with Crippen LogP contribution in [0.25, 0.3) is 0 Å². The van der Waals surface area contributed by atoms with Gasteiger partial charge in [-0.05, 0) is 65.5 Å². The Kier molecular flexibility index (Phi) is 12.0. The van der Waals surface area contributed by atoms with Crippen molar-refractivity contribution in [3.8, 4) is 0 Å². The highest BCUT2D eigenvalue weighted by Gasteiger charge is 2.35. The van der Waals surface area contributed by atoms with Crippen LogP contribution in [-0.2, 0) is 38.2 Å². The molecule has 1 saturated heterocycles. The largest absolute Gasteiger partial charge is 0.458 e. The number of ether oxygens (including phenoxy) is 2. The first-order valence-corrected chi connectivity index (χ1v) is 15.3. The molecule has 0 radical (unpaired) electrons. The number of rotatable bonds is 12. The summed E-state index contributed by atoms with van der Waals surface area (Å²) in [5, 5.41) is 10.6. The van der Waals surface area contributed by atoms with E-state index in [1.54, 1.807) is 102 Å². The molecule has 0 saturated carbocycles. The Hall–Kier alpha value is -4.74. The average Bonchev–Trinajstić information content (AvgIpc) is 2.97. The molecule has 1 heterocycles. The molecule has 2 aromatic rings. The fourth-order valence-corrected chi connectivity index (χ4v) is 4.67. The molecule has 12 heteroatoms. The third-order valence-corrected chi connectivity index (χ3v) is 6.75. The molecule has 1 aliphatic heterocycles. The normalized spacial score (nSPS) is 17.9. The molecule has 0 aromatic heterocycles. The van der Waals surface area contributed by atoms with Crippen molar-refractivity contribution in [1.29, 1.82) is 0 Å². The molecular formula is C34H44N4O8. The van der Waals surface area contributed by atoms with Crippen LogP contribution in [0.2, 0.25) is 0 Å². The van der Waals surface area contributed by atoms with Gasteiger partial charge in [-0.25, -0.2) is 9.59 Å². The van der Waals surface area contributed by atoms with E-state index in [2.05, 4.69) is 21.3 Å². The summed E-state index contributed by atoms with van der Waals surface area (Å²) in [6.45, 7) is 10.4. The van der Waals surface area contributed by atoms with Gasteiger partial charge in [-0.2, -0.15) is 0 Å². The van der Waals surface area contributed by atoms with E-state index in [4.69, 9.17) is 9.47 Å². The van der Waals surface area contributed by atoms with Crippen molar-refractivity contribution in [2.24, 2.45) is 0 Å². The van der Waals surface area contributed by atoms with Crippen LogP contribution in [-0.4, -0.2) is 58.9 Å². The van der Waals surface area contributed by atoms with Crippen molar-refractivity contribution >= 4 is 35.6 Å². The summed E-state index contributed by atoms with van der Waals surface area (Å²) in [5.41, 5.74) is -0.444. The molecule has 0 bridgehead atoms. The summed E-state index contributed by atoms with van der Waals surface area (Å²) in [7, 11) is 0. The fourth-order valence-electron chi connectivity index (χ4n) is 4.67. The van der Waals surface area contributed by atoms with Crippen LogP contribution in [0, 0.1) is 0 Å². The van der Waals surface area contributed by atoms with E-state index in [-0.39, 0.29) is 25.7 Å². The Morgan fingerprint density at radius 1 is 0.630 bits per heavy atom. The molecule has 4 atom stereocenters. The van der Waals surface area contributed by atoms with Gasteiger partial charge in [0.2, 0.25) is 23.6 Å². The van der Waals surface area contributed by atoms with Gasteiger partial charge in [0, 0.05) is 12.8 Å². The molecule has 1 aliphatic rings. The molecular weight excluding hydrogens is 592 g/mol. The maximum absolute atomic E-state index is 12.9. The second-order valence-electron chi connectivity index (χ2n) is 13.1. The highest BCUT2D eigenvalue weighted by Crippen LogP contribution is 2.21. The lowest BCUT2D eigenvalue weighted by Gasteiger charge is -2.30. The van der Waals surface area contributed by atoms with Gasteiger partial charge in [0.15, 0.2) is 12.1 Å². The van der Waals surface area contributed by atoms with Gasteiger partial charge in [0.25, 0.3) is 0 Å². The lowest BCUT2D eigenvalue weighted by molar-refractivity contribution is -0.159. The predicted octanol–water partition coefficient (Wildman–Crippen LogP) is 2.93. The van der Waals surface area contributed by atoms with Crippen LogP contribution in [0.15, 0.2) is 60.7 Å². The fraction of sp³-hybridized carbons (Fsp3) is 0.471. The highest BCUT2D eigenvalue weighted by atomic mass is 16.6. The molecule has 1 fully saturated rings. The molecule has 2 aromatic carbocycles. The molecule has 4 amide bonds. The number of piperazine rings is 1. The van der Waals surface area contributed by atoms with Crippen LogP contribution < -0.4 is 21.3 Å². The van der Waals surface area contributed by atoms with Crippen molar-refractivity contribution in [2.75, 3.05) is 0 Å². The molecule has 2 unspecified atom stereocenters. The van der Waals surface area contributed by atoms with Crippen LogP contribution >= 0.6 is 0 Å². The number of hydrogen-bond acceptors (Lipinski definition) is 8. The number of benzene rings is 2. The summed E-state index contributed by atoms with van der Waals surface area (Å²) in [4.78, 5) is 77.0. The van der Waals surface area contributed by atoms with E-state index in [9.17, 15) is 28.8 Å². The Morgan fingerprint density at radius 2 is 0.957 bits per heavy atom. The van der Waals surface area contributed by atoms with Crippen molar-refractivity contribution in [3.05, 3.63) is 71.8 Å². The zero-order valence-electron chi connectivity index (χ0n) is 27.2. The maximum Gasteiger partial charge on any atom is 0.333 e. The lowest BCUT2D eigenvalue weighted by Crippen LogP contribution is -2.61. The standard InChI is InChI=1S/C34H44N4O8/c1-33(2,3)45-31(43)27(21-13-9-7-10-14-21)37-25(39)19-17-23-29(41)36-24(30(42)35-23)18-20-26(40)38-28(22-15-11-8-12-16-22)32(44)46-34(4,5)6/h7-16,23-24,27-28H,17-20H2,1-6H3,(H,35,42)(H,36,41)(H,37,39)(H,38,40)/t23-,24-,27?,28?/m0/s1. The Balaban J connectivity index is 1.53. The Bertz CT molecular complexity index is 1290. The number of esters is 2. The monoisotopic (exact) mass is 636 g/mol. The summed E-state index contributed by atoms with van der Waals surface area (Å²) < 4.78 is 11.0. The van der Waals surface area contributed by atoms with E-state index in [0.717, 1.165) is 0 Å². The molecule has 248 valence electrons. The molecule has 0 spiro atoms. The van der Waals surface area contributed by atoms with E-state index in [0.29, 0.717) is 11.1 Å². The number of hydrogen-bond donors (Lipinski definition) is 4. The van der Waals surface area contributed by atoms with E-state index < -0.39 is 70.9 Å². The van der Waals surface area contributed by atoms with E-state index in [1.807, 2.05) is 0 Å². The van der Waals surface area contributed by atoms with Gasteiger partial charge in [-0.3, -0.25) is 19.2 Å². The number of nitrogens with one attached hydrogen (secondary N) is 4. The van der Waals surface area contributed by atoms with Gasteiger partial charge in [0.1, 0.15) is 23.3 Å². The van der Waals surface area contributed by atoms with Gasteiger partial charge >= 0.3 is 11.9 Å². The molecule has 3 rings (SSSR count). The molecule has 4 N–H and O–H groups in total. The summed E-state index contributed by atoms with van der Waals surface area (Å²) in [6.07, 6.45) is -0.325. The van der Waals surface area contributed by atoms with Crippen molar-refractivity contribution in [2.45, 2.75) is 103 Å². The van der Waals surface area contributed by atoms with Gasteiger partial charge in [0.05, 0.1) is 0 Å². The lowest BCUT2D eigenvalue weighted by atomic mass is 10.0. The summed E-state index contributed by atoms with van der Waals surface area (Å²) in [6, 6.07) is 13.3. The number of carbonyl (C=O) groups excluding carboxylic acids is 6. The average molecular weight is 637 g/mol. The molecule has 12 nitrogen and oxygen atoms in total. The van der Waals surface area contributed by atoms with E-state index >= 15 is 0 Å². The highest BCUT2D eigenvalue weighted by molar-refractivity contribution is 5.97. The zero-order valence-corrected chi connectivity index (χ0v) is 27.2. The van der Waals surface area contributed by atoms with Gasteiger partial charge in [-0.15, -0.1) is 0 Å². The number of carbonyl (C=O) groups is 6. The maximum atomic E-state index is 12.9. The van der Waals surface area contributed by atoms with Crippen LogP contribution in [0.1, 0.15) is 90.4 Å². The summed E-state index contributed by atoms with van der Waals surface area (Å²) >= 11 is 0. The predicted molar refractivity (Wildman–Crippen MR) is 169 cm³/mol. The van der Waals surface area contributed by atoms with Gasteiger partial charge < -0.3 is 30.7 Å².